The van der Waals surface area contributed by atoms with Gasteiger partial charge in [-0.2, -0.15) is 0 Å². The minimum atomic E-state index is -0.675. The highest BCUT2D eigenvalue weighted by Crippen LogP contribution is 2.43. The Bertz CT molecular complexity index is 249. The van der Waals surface area contributed by atoms with E-state index in [0.29, 0.717) is 12.3 Å². The Balaban J connectivity index is 2.91. The molecule has 0 aromatic heterocycles. The molecule has 1 aliphatic rings. The maximum absolute atomic E-state index is 11.0. The third-order valence-electron chi connectivity index (χ3n) is 3.86. The van der Waals surface area contributed by atoms with Crippen LogP contribution in [-0.2, 0) is 9.59 Å². The molecule has 4 atom stereocenters. The summed E-state index contributed by atoms with van der Waals surface area (Å²) in [5, 5.41) is 10.1. The molecule has 0 aromatic carbocycles. The van der Waals surface area contributed by atoms with Crippen LogP contribution in [0, 0.1) is 23.2 Å². The molecule has 3 nitrogen and oxygen atoms in total. The molecule has 86 valence electrons. The van der Waals surface area contributed by atoms with Crippen LogP contribution < -0.4 is 0 Å². The smallest absolute Gasteiger partial charge is 0.126 e. The van der Waals surface area contributed by atoms with E-state index in [1.165, 1.54) is 0 Å². The Hall–Kier alpha value is -0.700. The first-order valence-corrected chi connectivity index (χ1v) is 5.56. The summed E-state index contributed by atoms with van der Waals surface area (Å²) in [6.07, 6.45) is 2.41. The first kappa shape index (κ1) is 12.4. The third-order valence-corrected chi connectivity index (χ3v) is 3.86. The Morgan fingerprint density at radius 3 is 2.40 bits per heavy atom. The van der Waals surface area contributed by atoms with Gasteiger partial charge in [-0.25, -0.2) is 0 Å². The van der Waals surface area contributed by atoms with Gasteiger partial charge in [0.15, 0.2) is 0 Å². The number of carbonyl (C=O) groups excluding carboxylic acids is 2. The lowest BCUT2D eigenvalue weighted by molar-refractivity contribution is -0.139. The van der Waals surface area contributed by atoms with E-state index in [1.54, 1.807) is 6.92 Å². The molecule has 1 N–H and O–H groups in total. The number of aldehydes is 2. The molecule has 3 heteroatoms. The molecule has 1 rings (SSSR count). The second-order valence-electron chi connectivity index (χ2n) is 5.22. The molecule has 1 saturated carbocycles. The highest BCUT2D eigenvalue weighted by molar-refractivity contribution is 5.69. The van der Waals surface area contributed by atoms with Crippen molar-refractivity contribution in [3.63, 3.8) is 0 Å². The Kier molecular flexibility index (Phi) is 3.66. The van der Waals surface area contributed by atoms with E-state index < -0.39 is 17.4 Å². The van der Waals surface area contributed by atoms with Crippen molar-refractivity contribution in [2.24, 2.45) is 23.2 Å². The van der Waals surface area contributed by atoms with Gasteiger partial charge in [-0.15, -0.1) is 0 Å². The van der Waals surface area contributed by atoms with Crippen LogP contribution in [0.25, 0.3) is 0 Å². The van der Waals surface area contributed by atoms with Crippen LogP contribution in [0.3, 0.4) is 0 Å². The van der Waals surface area contributed by atoms with Crippen LogP contribution in [0.15, 0.2) is 0 Å². The van der Waals surface area contributed by atoms with Gasteiger partial charge < -0.3 is 14.7 Å². The Morgan fingerprint density at radius 1 is 1.40 bits per heavy atom. The Labute approximate surface area is 90.9 Å². The van der Waals surface area contributed by atoms with Crippen molar-refractivity contribution in [1.82, 2.24) is 0 Å². The SMILES string of the molecule is CC(C)C1CCC(C)(C=O)C(C=O)C1O. The fourth-order valence-corrected chi connectivity index (χ4v) is 2.57. The predicted molar refractivity (Wildman–Crippen MR) is 57.3 cm³/mol. The van der Waals surface area contributed by atoms with Gasteiger partial charge in [0.05, 0.1) is 12.0 Å². The van der Waals surface area contributed by atoms with Gasteiger partial charge >= 0.3 is 0 Å². The summed E-state index contributed by atoms with van der Waals surface area (Å²) in [6.45, 7) is 5.84. The van der Waals surface area contributed by atoms with Gasteiger partial charge in [-0.3, -0.25) is 0 Å². The molecule has 0 radical (unpaired) electrons. The minimum Gasteiger partial charge on any atom is -0.392 e. The van der Waals surface area contributed by atoms with Crippen molar-refractivity contribution in [3.05, 3.63) is 0 Å². The van der Waals surface area contributed by atoms with Crippen LogP contribution >= 0.6 is 0 Å². The fraction of sp³-hybridized carbons (Fsp3) is 0.833. The zero-order chi connectivity index (χ0) is 11.6. The first-order valence-electron chi connectivity index (χ1n) is 5.56. The highest BCUT2D eigenvalue weighted by atomic mass is 16.3. The average Bonchev–Trinajstić information content (AvgIpc) is 2.18. The summed E-state index contributed by atoms with van der Waals surface area (Å²) in [5.41, 5.74) is -0.674. The van der Waals surface area contributed by atoms with E-state index in [1.807, 2.05) is 13.8 Å². The van der Waals surface area contributed by atoms with Gasteiger partial charge in [0, 0.05) is 5.41 Å². The van der Waals surface area contributed by atoms with Gasteiger partial charge in [0.1, 0.15) is 12.6 Å². The molecule has 1 aliphatic carbocycles. The fourth-order valence-electron chi connectivity index (χ4n) is 2.57. The molecular formula is C12H20O3. The topological polar surface area (TPSA) is 54.4 Å². The lowest BCUT2D eigenvalue weighted by Gasteiger charge is -2.43. The second kappa shape index (κ2) is 4.44. The van der Waals surface area contributed by atoms with Crippen molar-refractivity contribution < 1.29 is 14.7 Å². The van der Waals surface area contributed by atoms with E-state index in [4.69, 9.17) is 0 Å². The summed E-state index contributed by atoms with van der Waals surface area (Å²) in [6, 6.07) is 0. The average molecular weight is 212 g/mol. The zero-order valence-electron chi connectivity index (χ0n) is 9.64. The number of carbonyl (C=O) groups is 2. The van der Waals surface area contributed by atoms with Crippen LogP contribution in [0.2, 0.25) is 0 Å². The molecule has 0 aliphatic heterocycles. The second-order valence-corrected chi connectivity index (χ2v) is 5.22. The van der Waals surface area contributed by atoms with E-state index in [-0.39, 0.29) is 5.92 Å². The standard InChI is InChI=1S/C12H20O3/c1-8(2)9-4-5-12(3,7-14)10(6-13)11(9)15/h6-11,15H,4-5H2,1-3H3. The lowest BCUT2D eigenvalue weighted by Crippen LogP contribution is -2.48. The van der Waals surface area contributed by atoms with Crippen molar-refractivity contribution in [2.75, 3.05) is 0 Å². The van der Waals surface area contributed by atoms with E-state index >= 15 is 0 Å². The molecule has 0 spiro atoms. The third kappa shape index (κ3) is 2.12. The van der Waals surface area contributed by atoms with Gasteiger partial charge in [0.2, 0.25) is 0 Å². The molecule has 0 heterocycles. The van der Waals surface area contributed by atoms with Crippen LogP contribution in [-0.4, -0.2) is 23.8 Å². The summed E-state index contributed by atoms with van der Waals surface area (Å²) in [5.74, 6) is -0.0666. The van der Waals surface area contributed by atoms with Crippen molar-refractivity contribution >= 4 is 12.6 Å². The summed E-state index contributed by atoms with van der Waals surface area (Å²) < 4.78 is 0. The van der Waals surface area contributed by atoms with Crippen LogP contribution in [0.4, 0.5) is 0 Å². The summed E-state index contributed by atoms with van der Waals surface area (Å²) >= 11 is 0. The highest BCUT2D eigenvalue weighted by Gasteiger charge is 2.46. The maximum Gasteiger partial charge on any atom is 0.126 e. The van der Waals surface area contributed by atoms with Gasteiger partial charge in [-0.1, -0.05) is 20.8 Å². The number of hydrogen-bond donors (Lipinski definition) is 1. The van der Waals surface area contributed by atoms with E-state index in [0.717, 1.165) is 19.0 Å². The number of rotatable bonds is 3. The molecule has 0 saturated heterocycles. The van der Waals surface area contributed by atoms with E-state index in [9.17, 15) is 14.7 Å². The van der Waals surface area contributed by atoms with Crippen molar-refractivity contribution in [3.8, 4) is 0 Å². The molecule has 0 bridgehead atoms. The lowest BCUT2D eigenvalue weighted by atomic mass is 9.62. The zero-order valence-corrected chi connectivity index (χ0v) is 9.64. The molecule has 1 fully saturated rings. The number of hydrogen-bond acceptors (Lipinski definition) is 3. The molecule has 4 unspecified atom stereocenters. The van der Waals surface area contributed by atoms with Crippen LogP contribution in [0.5, 0.6) is 0 Å². The molecule has 0 amide bonds. The minimum absolute atomic E-state index is 0.133. The molecular weight excluding hydrogens is 192 g/mol. The van der Waals surface area contributed by atoms with Crippen molar-refractivity contribution in [1.29, 1.82) is 0 Å². The van der Waals surface area contributed by atoms with Crippen molar-refractivity contribution in [2.45, 2.75) is 39.7 Å². The molecule has 15 heavy (non-hydrogen) atoms. The van der Waals surface area contributed by atoms with Gasteiger partial charge in [-0.05, 0) is 24.7 Å². The van der Waals surface area contributed by atoms with Crippen LogP contribution in [0.1, 0.15) is 33.6 Å². The quantitative estimate of drug-likeness (QED) is 0.720. The van der Waals surface area contributed by atoms with E-state index in [2.05, 4.69) is 0 Å². The number of aliphatic hydroxyl groups is 1. The molecule has 0 aromatic rings. The predicted octanol–water partition coefficient (Wildman–Crippen LogP) is 1.43. The largest absolute Gasteiger partial charge is 0.392 e. The van der Waals surface area contributed by atoms with Gasteiger partial charge in [0.25, 0.3) is 0 Å². The summed E-state index contributed by atoms with van der Waals surface area (Å²) in [7, 11) is 0. The normalized spacial score (nSPS) is 41.5. The summed E-state index contributed by atoms with van der Waals surface area (Å²) in [4.78, 5) is 22.0. The number of aliphatic hydroxyl groups excluding tert-OH is 1. The maximum atomic E-state index is 11.0. The first-order chi connectivity index (χ1) is 6.96. The monoisotopic (exact) mass is 212 g/mol. The Morgan fingerprint density at radius 2 is 2.00 bits per heavy atom.